The molecule has 0 atom stereocenters. The Bertz CT molecular complexity index is 1070. The molecule has 0 radical (unpaired) electrons. The van der Waals surface area contributed by atoms with Crippen molar-refractivity contribution in [2.45, 2.75) is 0 Å². The van der Waals surface area contributed by atoms with Crippen LogP contribution in [-0.4, -0.2) is 24.3 Å². The number of amides is 1. The fourth-order valence-corrected chi connectivity index (χ4v) is 2.59. The molecule has 29 heavy (non-hydrogen) atoms. The summed E-state index contributed by atoms with van der Waals surface area (Å²) in [4.78, 5) is 37.0. The van der Waals surface area contributed by atoms with Crippen LogP contribution >= 0.6 is 0 Å². The first kappa shape index (κ1) is 19.9. The number of ether oxygens (including phenoxy) is 1. The summed E-state index contributed by atoms with van der Waals surface area (Å²) in [5.41, 5.74) is 0.292. The highest BCUT2D eigenvalue weighted by Crippen LogP contribution is 2.17. The molecule has 7 heteroatoms. The fourth-order valence-electron chi connectivity index (χ4n) is 2.59. The Morgan fingerprint density at radius 1 is 0.828 bits per heavy atom. The van der Waals surface area contributed by atoms with Gasteiger partial charge in [-0.25, -0.2) is 13.6 Å². The highest BCUT2D eigenvalue weighted by molar-refractivity contribution is 6.14. The van der Waals surface area contributed by atoms with Crippen LogP contribution in [0.2, 0.25) is 0 Å². The van der Waals surface area contributed by atoms with Crippen LogP contribution in [0.25, 0.3) is 0 Å². The zero-order valence-corrected chi connectivity index (χ0v) is 15.0. The van der Waals surface area contributed by atoms with Gasteiger partial charge in [0.15, 0.2) is 12.4 Å². The van der Waals surface area contributed by atoms with Crippen molar-refractivity contribution < 1.29 is 27.9 Å². The van der Waals surface area contributed by atoms with E-state index in [0.717, 1.165) is 12.1 Å². The lowest BCUT2D eigenvalue weighted by atomic mass is 9.98. The number of benzene rings is 3. The van der Waals surface area contributed by atoms with Crippen molar-refractivity contribution in [1.82, 2.24) is 0 Å². The minimum absolute atomic E-state index is 0.00196. The normalized spacial score (nSPS) is 10.3. The Labute approximate surface area is 164 Å². The molecule has 1 N–H and O–H groups in total. The minimum atomic E-state index is -0.955. The topological polar surface area (TPSA) is 72.5 Å². The summed E-state index contributed by atoms with van der Waals surface area (Å²) in [5, 5.41) is 2.18. The van der Waals surface area contributed by atoms with Gasteiger partial charge in [0.25, 0.3) is 5.91 Å². The quantitative estimate of drug-likeness (QED) is 0.506. The highest BCUT2D eigenvalue weighted by Gasteiger charge is 2.20. The molecule has 3 aromatic carbocycles. The van der Waals surface area contributed by atoms with E-state index in [0.29, 0.717) is 11.6 Å². The maximum atomic E-state index is 13.6. The number of hydrogen-bond donors (Lipinski definition) is 1. The van der Waals surface area contributed by atoms with E-state index in [9.17, 15) is 23.2 Å². The number of rotatable bonds is 6. The maximum Gasteiger partial charge on any atom is 0.339 e. The van der Waals surface area contributed by atoms with E-state index in [-0.39, 0.29) is 22.6 Å². The molecule has 0 aromatic heterocycles. The Morgan fingerprint density at radius 2 is 1.48 bits per heavy atom. The van der Waals surface area contributed by atoms with Crippen molar-refractivity contribution in [2.24, 2.45) is 0 Å². The monoisotopic (exact) mass is 395 g/mol. The lowest BCUT2D eigenvalue weighted by Gasteiger charge is -2.10. The highest BCUT2D eigenvalue weighted by atomic mass is 19.1. The van der Waals surface area contributed by atoms with Crippen molar-refractivity contribution in [2.75, 3.05) is 11.9 Å². The second-order valence-corrected chi connectivity index (χ2v) is 5.99. The third kappa shape index (κ3) is 4.90. The van der Waals surface area contributed by atoms with E-state index in [1.807, 2.05) is 0 Å². The van der Waals surface area contributed by atoms with Crippen molar-refractivity contribution in [3.63, 3.8) is 0 Å². The zero-order valence-electron chi connectivity index (χ0n) is 15.0. The molecule has 0 bridgehead atoms. The molecule has 5 nitrogen and oxygen atoms in total. The predicted octanol–water partition coefficient (Wildman–Crippen LogP) is 3.99. The number of carbonyl (C=O) groups excluding carboxylic acids is 3. The second kappa shape index (κ2) is 8.88. The van der Waals surface area contributed by atoms with Crippen LogP contribution in [0, 0.1) is 11.6 Å². The summed E-state index contributed by atoms with van der Waals surface area (Å²) in [6, 6.07) is 17.1. The average Bonchev–Trinajstić information content (AvgIpc) is 2.74. The first-order chi connectivity index (χ1) is 14.0. The zero-order chi connectivity index (χ0) is 20.8. The van der Waals surface area contributed by atoms with Gasteiger partial charge in [-0.05, 0) is 18.2 Å². The number of ketones is 1. The van der Waals surface area contributed by atoms with Gasteiger partial charge in [0.1, 0.15) is 11.6 Å². The standard InChI is InChI=1S/C22H15F2NO4/c23-15-10-11-19(18(24)12-15)25-20(26)13-29-22(28)17-9-5-4-8-16(17)21(27)14-6-2-1-3-7-14/h1-12H,13H2,(H,25,26). The second-order valence-electron chi connectivity index (χ2n) is 5.99. The molecule has 0 aliphatic carbocycles. The van der Waals surface area contributed by atoms with Crippen LogP contribution in [0.3, 0.4) is 0 Å². The summed E-state index contributed by atoms with van der Waals surface area (Å²) in [6.45, 7) is -0.705. The van der Waals surface area contributed by atoms with Gasteiger partial charge < -0.3 is 10.1 Å². The Kier molecular flexibility index (Phi) is 6.09. The molecule has 0 saturated heterocycles. The maximum absolute atomic E-state index is 13.6. The molecule has 0 fully saturated rings. The van der Waals surface area contributed by atoms with Crippen molar-refractivity contribution in [1.29, 1.82) is 0 Å². The van der Waals surface area contributed by atoms with Gasteiger partial charge >= 0.3 is 5.97 Å². The third-order valence-corrected chi connectivity index (χ3v) is 3.97. The molecule has 0 spiro atoms. The number of hydrogen-bond acceptors (Lipinski definition) is 4. The van der Waals surface area contributed by atoms with Crippen molar-refractivity contribution in [3.8, 4) is 0 Å². The van der Waals surface area contributed by atoms with E-state index in [4.69, 9.17) is 4.74 Å². The van der Waals surface area contributed by atoms with E-state index < -0.39 is 30.1 Å². The fraction of sp³-hybridized carbons (Fsp3) is 0.0455. The summed E-state index contributed by atoms with van der Waals surface area (Å²) in [6.07, 6.45) is 0. The summed E-state index contributed by atoms with van der Waals surface area (Å²) >= 11 is 0. The van der Waals surface area contributed by atoms with Crippen molar-refractivity contribution in [3.05, 3.63) is 101 Å². The van der Waals surface area contributed by atoms with E-state index in [2.05, 4.69) is 5.32 Å². The van der Waals surface area contributed by atoms with E-state index in [1.54, 1.807) is 42.5 Å². The first-order valence-electron chi connectivity index (χ1n) is 8.56. The van der Waals surface area contributed by atoms with Gasteiger partial charge in [0.05, 0.1) is 11.3 Å². The van der Waals surface area contributed by atoms with Crippen LogP contribution in [0.4, 0.5) is 14.5 Å². The molecule has 1 amide bonds. The van der Waals surface area contributed by atoms with Crippen LogP contribution in [-0.2, 0) is 9.53 Å². The van der Waals surface area contributed by atoms with Crippen LogP contribution < -0.4 is 5.32 Å². The molecule has 3 rings (SSSR count). The molecular weight excluding hydrogens is 380 g/mol. The van der Waals surface area contributed by atoms with Crippen molar-refractivity contribution >= 4 is 23.3 Å². The SMILES string of the molecule is O=C(COC(=O)c1ccccc1C(=O)c1ccccc1)Nc1ccc(F)cc1F. The molecule has 0 aliphatic heterocycles. The number of halogens is 2. The Balaban J connectivity index is 1.68. The molecular formula is C22H15F2NO4. The van der Waals surface area contributed by atoms with Gasteiger partial charge in [-0.1, -0.05) is 48.5 Å². The summed E-state index contributed by atoms with van der Waals surface area (Å²) in [7, 11) is 0. The third-order valence-electron chi connectivity index (χ3n) is 3.97. The number of anilines is 1. The van der Waals surface area contributed by atoms with Crippen LogP contribution in [0.15, 0.2) is 72.8 Å². The smallest absolute Gasteiger partial charge is 0.339 e. The van der Waals surface area contributed by atoms with Crippen LogP contribution in [0.1, 0.15) is 26.3 Å². The van der Waals surface area contributed by atoms with E-state index in [1.165, 1.54) is 12.1 Å². The Hall–Kier alpha value is -3.87. The lowest BCUT2D eigenvalue weighted by molar-refractivity contribution is -0.119. The lowest BCUT2D eigenvalue weighted by Crippen LogP contribution is -2.22. The van der Waals surface area contributed by atoms with Gasteiger partial charge in [-0.3, -0.25) is 9.59 Å². The van der Waals surface area contributed by atoms with Gasteiger partial charge in [-0.2, -0.15) is 0 Å². The summed E-state index contributed by atoms with van der Waals surface area (Å²) < 4.78 is 31.4. The number of esters is 1. The van der Waals surface area contributed by atoms with Crippen LogP contribution in [0.5, 0.6) is 0 Å². The van der Waals surface area contributed by atoms with Gasteiger partial charge in [-0.15, -0.1) is 0 Å². The van der Waals surface area contributed by atoms with Gasteiger partial charge in [0, 0.05) is 17.2 Å². The summed E-state index contributed by atoms with van der Waals surface area (Å²) in [5.74, 6) is -3.79. The molecule has 3 aromatic rings. The van der Waals surface area contributed by atoms with E-state index >= 15 is 0 Å². The molecule has 0 unspecified atom stereocenters. The molecule has 0 saturated carbocycles. The largest absolute Gasteiger partial charge is 0.452 e. The molecule has 146 valence electrons. The minimum Gasteiger partial charge on any atom is -0.452 e. The predicted molar refractivity (Wildman–Crippen MR) is 102 cm³/mol. The number of carbonyl (C=O) groups is 3. The molecule has 0 aliphatic rings. The van der Waals surface area contributed by atoms with Gasteiger partial charge in [0.2, 0.25) is 0 Å². The first-order valence-corrected chi connectivity index (χ1v) is 8.56. The number of nitrogens with one attached hydrogen (secondary N) is 1. The average molecular weight is 395 g/mol. The molecule has 0 heterocycles. The Morgan fingerprint density at radius 3 is 2.17 bits per heavy atom.